The molecule has 0 radical (unpaired) electrons. The van der Waals surface area contributed by atoms with Gasteiger partial charge < -0.3 is 26.0 Å². The lowest BCUT2D eigenvalue weighted by Gasteiger charge is -2.28. The largest absolute Gasteiger partial charge is 0.491 e. The second-order valence-electron chi connectivity index (χ2n) is 10.4. The molecular formula is C26H38N4O5. The summed E-state index contributed by atoms with van der Waals surface area (Å²) in [5.74, 6) is -0.779. The van der Waals surface area contributed by atoms with E-state index in [0.29, 0.717) is 30.6 Å². The van der Waals surface area contributed by atoms with Crippen molar-refractivity contribution in [3.05, 3.63) is 29.8 Å². The molecule has 4 amide bonds. The quantitative estimate of drug-likeness (QED) is 0.488. The number of amides is 4. The molecule has 0 aromatic heterocycles. The van der Waals surface area contributed by atoms with Crippen molar-refractivity contribution in [3.8, 4) is 5.75 Å². The fourth-order valence-corrected chi connectivity index (χ4v) is 4.09. The molecule has 0 bridgehead atoms. The van der Waals surface area contributed by atoms with E-state index in [1.807, 2.05) is 13.8 Å². The molecule has 1 saturated carbocycles. The molecule has 1 aliphatic carbocycles. The molecule has 1 fully saturated rings. The molecule has 0 unspecified atom stereocenters. The third-order valence-corrected chi connectivity index (χ3v) is 6.21. The minimum absolute atomic E-state index is 0.165. The van der Waals surface area contributed by atoms with Gasteiger partial charge in [0, 0.05) is 6.54 Å². The van der Waals surface area contributed by atoms with Crippen LogP contribution in [0.3, 0.4) is 0 Å². The Morgan fingerprint density at radius 2 is 1.77 bits per heavy atom. The maximum absolute atomic E-state index is 13.2. The molecule has 192 valence electrons. The second kappa shape index (κ2) is 12.0. The van der Waals surface area contributed by atoms with E-state index in [4.69, 9.17) is 4.74 Å². The van der Waals surface area contributed by atoms with Crippen LogP contribution in [0, 0.1) is 17.8 Å². The third kappa shape index (κ3) is 7.97. The molecule has 1 aromatic carbocycles. The maximum atomic E-state index is 13.2. The predicted octanol–water partition coefficient (Wildman–Crippen LogP) is 1.77. The van der Waals surface area contributed by atoms with E-state index in [2.05, 4.69) is 35.1 Å². The molecule has 1 heterocycles. The fraction of sp³-hybridized carbons (Fsp3) is 0.615. The molecule has 3 rings (SSSR count). The minimum Gasteiger partial charge on any atom is -0.491 e. The van der Waals surface area contributed by atoms with Gasteiger partial charge >= 0.3 is 0 Å². The van der Waals surface area contributed by atoms with Gasteiger partial charge in [-0.05, 0) is 49.1 Å². The summed E-state index contributed by atoms with van der Waals surface area (Å²) in [6, 6.07) is 4.59. The number of carbonyl (C=O) groups excluding carboxylic acids is 4. The first-order valence-corrected chi connectivity index (χ1v) is 12.5. The summed E-state index contributed by atoms with van der Waals surface area (Å²) in [7, 11) is 0. The predicted molar refractivity (Wildman–Crippen MR) is 132 cm³/mol. The summed E-state index contributed by atoms with van der Waals surface area (Å²) < 4.78 is 6.00. The van der Waals surface area contributed by atoms with E-state index in [-0.39, 0.29) is 36.5 Å². The molecule has 0 saturated heterocycles. The van der Waals surface area contributed by atoms with Gasteiger partial charge in [-0.25, -0.2) is 0 Å². The fourth-order valence-electron chi connectivity index (χ4n) is 4.09. The van der Waals surface area contributed by atoms with Gasteiger partial charge in [0.05, 0.1) is 18.0 Å². The van der Waals surface area contributed by atoms with Gasteiger partial charge in [0.15, 0.2) is 0 Å². The van der Waals surface area contributed by atoms with E-state index in [1.54, 1.807) is 24.3 Å². The average molecular weight is 487 g/mol. The zero-order chi connectivity index (χ0) is 25.5. The van der Waals surface area contributed by atoms with Gasteiger partial charge in [0.1, 0.15) is 24.4 Å². The summed E-state index contributed by atoms with van der Waals surface area (Å²) >= 11 is 0. The van der Waals surface area contributed by atoms with Gasteiger partial charge in [-0.1, -0.05) is 39.8 Å². The smallest absolute Gasteiger partial charge is 0.255 e. The van der Waals surface area contributed by atoms with Crippen LogP contribution in [0.25, 0.3) is 0 Å². The Balaban J connectivity index is 1.89. The van der Waals surface area contributed by atoms with Crippen LogP contribution in [0.2, 0.25) is 0 Å². The average Bonchev–Trinajstić information content (AvgIpc) is 3.62. The molecule has 1 aliphatic heterocycles. The summed E-state index contributed by atoms with van der Waals surface area (Å²) in [4.78, 5) is 52.1. The minimum atomic E-state index is -1.08. The van der Waals surface area contributed by atoms with Gasteiger partial charge in [-0.15, -0.1) is 0 Å². The molecule has 4 N–H and O–H groups in total. The Kier molecular flexibility index (Phi) is 9.12. The van der Waals surface area contributed by atoms with Crippen LogP contribution < -0.4 is 26.0 Å². The first kappa shape index (κ1) is 26.5. The van der Waals surface area contributed by atoms with Crippen LogP contribution in [0.4, 0.5) is 0 Å². The number of benzene rings is 1. The standard InChI is InChI=1S/C26H38N4O5/c1-15(2)11-18-14-35-21-8-6-5-7-19(21)24(32)29-20(25(33)27-13-17-9-10-17)12-22(31)30-23(16(3)4)26(34)28-18/h5-8,15-18,20,23H,9-14H2,1-4H3,(H,27,33)(H,28,34)(H,29,32)(H,30,31)/t18-,20+,23-/m1/s1. The number of carbonyl (C=O) groups is 4. The lowest BCUT2D eigenvalue weighted by atomic mass is 10.00. The van der Waals surface area contributed by atoms with Crippen LogP contribution in [0.1, 0.15) is 63.7 Å². The summed E-state index contributed by atoms with van der Waals surface area (Å²) in [6.45, 7) is 8.47. The maximum Gasteiger partial charge on any atom is 0.255 e. The molecule has 0 spiro atoms. The summed E-state index contributed by atoms with van der Waals surface area (Å²) in [5.41, 5.74) is 0.264. The topological polar surface area (TPSA) is 126 Å². The van der Waals surface area contributed by atoms with Crippen molar-refractivity contribution in [1.29, 1.82) is 0 Å². The first-order chi connectivity index (χ1) is 16.6. The summed E-state index contributed by atoms with van der Waals surface area (Å²) in [6.07, 6.45) is 2.51. The molecule has 35 heavy (non-hydrogen) atoms. The number of rotatable bonds is 6. The highest BCUT2D eigenvalue weighted by atomic mass is 16.5. The number of para-hydroxylation sites is 1. The van der Waals surface area contributed by atoms with Crippen molar-refractivity contribution >= 4 is 23.6 Å². The van der Waals surface area contributed by atoms with E-state index >= 15 is 0 Å². The van der Waals surface area contributed by atoms with Crippen molar-refractivity contribution in [3.63, 3.8) is 0 Å². The zero-order valence-corrected chi connectivity index (χ0v) is 21.1. The molecule has 1 aromatic rings. The number of nitrogens with one attached hydrogen (secondary N) is 4. The Morgan fingerprint density at radius 3 is 2.43 bits per heavy atom. The Morgan fingerprint density at radius 1 is 1.06 bits per heavy atom. The lowest BCUT2D eigenvalue weighted by Crippen LogP contribution is -2.55. The van der Waals surface area contributed by atoms with E-state index in [0.717, 1.165) is 12.8 Å². The molecular weight excluding hydrogens is 448 g/mol. The lowest BCUT2D eigenvalue weighted by molar-refractivity contribution is -0.132. The summed E-state index contributed by atoms with van der Waals surface area (Å²) in [5, 5.41) is 11.3. The Hall–Kier alpha value is -3.10. The monoisotopic (exact) mass is 486 g/mol. The van der Waals surface area contributed by atoms with E-state index < -0.39 is 29.8 Å². The van der Waals surface area contributed by atoms with Crippen LogP contribution in [0.15, 0.2) is 24.3 Å². The molecule has 9 nitrogen and oxygen atoms in total. The number of ether oxygens (including phenoxy) is 1. The Labute approximate surface area is 207 Å². The van der Waals surface area contributed by atoms with Gasteiger partial charge in [0.2, 0.25) is 17.7 Å². The van der Waals surface area contributed by atoms with Gasteiger partial charge in [-0.3, -0.25) is 19.2 Å². The van der Waals surface area contributed by atoms with Crippen molar-refractivity contribution in [2.45, 2.75) is 71.5 Å². The molecule has 9 heteroatoms. The number of hydrogen-bond acceptors (Lipinski definition) is 5. The SMILES string of the molecule is CC(C)C[C@@H]1COc2ccccc2C(=O)N[C@H](C(=O)NCC2CC2)CC(=O)N[C@H](C(C)C)C(=O)N1. The van der Waals surface area contributed by atoms with Crippen LogP contribution in [-0.2, 0) is 14.4 Å². The second-order valence-corrected chi connectivity index (χ2v) is 10.4. The van der Waals surface area contributed by atoms with Crippen molar-refractivity contribution in [2.75, 3.05) is 13.2 Å². The van der Waals surface area contributed by atoms with E-state index in [9.17, 15) is 19.2 Å². The normalized spacial score (nSPS) is 23.9. The number of fused-ring (bicyclic) bond motifs is 1. The van der Waals surface area contributed by atoms with E-state index in [1.165, 1.54) is 0 Å². The highest BCUT2D eigenvalue weighted by Crippen LogP contribution is 2.27. The van der Waals surface area contributed by atoms with Crippen molar-refractivity contribution < 1.29 is 23.9 Å². The zero-order valence-electron chi connectivity index (χ0n) is 21.1. The Bertz CT molecular complexity index is 928. The third-order valence-electron chi connectivity index (χ3n) is 6.21. The van der Waals surface area contributed by atoms with Gasteiger partial charge in [0.25, 0.3) is 5.91 Å². The van der Waals surface area contributed by atoms with Gasteiger partial charge in [-0.2, -0.15) is 0 Å². The first-order valence-electron chi connectivity index (χ1n) is 12.5. The van der Waals surface area contributed by atoms with Crippen LogP contribution >= 0.6 is 0 Å². The highest BCUT2D eigenvalue weighted by Gasteiger charge is 2.32. The van der Waals surface area contributed by atoms with Crippen molar-refractivity contribution in [2.24, 2.45) is 17.8 Å². The molecule has 2 aliphatic rings. The number of hydrogen-bond donors (Lipinski definition) is 4. The van der Waals surface area contributed by atoms with Crippen LogP contribution in [0.5, 0.6) is 5.75 Å². The highest BCUT2D eigenvalue weighted by molar-refractivity contribution is 6.01. The van der Waals surface area contributed by atoms with Crippen LogP contribution in [-0.4, -0.2) is 54.9 Å². The molecule has 3 atom stereocenters. The van der Waals surface area contributed by atoms with Crippen molar-refractivity contribution in [1.82, 2.24) is 21.3 Å².